The minimum Gasteiger partial charge on any atom is -0.486 e. The quantitative estimate of drug-likeness (QED) is 0.254. The molecule has 3 atom stereocenters. The first-order valence-corrected chi connectivity index (χ1v) is 14.6. The molecule has 0 amide bonds. The number of hydrogen-bond acceptors (Lipinski definition) is 6. The Morgan fingerprint density at radius 3 is 2.48 bits per heavy atom. The van der Waals surface area contributed by atoms with E-state index in [1.807, 2.05) is 44.2 Å². The first-order chi connectivity index (χ1) is 20.0. The molecule has 3 N–H and O–H groups in total. The summed E-state index contributed by atoms with van der Waals surface area (Å²) < 4.78 is 43.8. The maximum atomic E-state index is 16.2. The molecule has 0 spiro atoms. The van der Waals surface area contributed by atoms with Crippen LogP contribution in [-0.4, -0.2) is 41.1 Å². The van der Waals surface area contributed by atoms with Crippen molar-refractivity contribution in [3.63, 3.8) is 0 Å². The van der Waals surface area contributed by atoms with Gasteiger partial charge in [-0.2, -0.15) is 5.26 Å². The van der Waals surface area contributed by atoms with Crippen LogP contribution < -0.4 is 14.8 Å². The normalized spacial score (nSPS) is 25.8. The van der Waals surface area contributed by atoms with Crippen LogP contribution in [0.15, 0.2) is 48.5 Å². The van der Waals surface area contributed by atoms with Crippen LogP contribution in [0, 0.1) is 23.0 Å². The van der Waals surface area contributed by atoms with Crippen molar-refractivity contribution in [3.8, 4) is 28.7 Å². The van der Waals surface area contributed by atoms with E-state index in [0.29, 0.717) is 36.3 Å². The highest BCUT2D eigenvalue weighted by atomic mass is 35.5. The van der Waals surface area contributed by atoms with Gasteiger partial charge in [0.1, 0.15) is 29.0 Å². The largest absolute Gasteiger partial charge is 0.486 e. The van der Waals surface area contributed by atoms with Crippen LogP contribution >= 0.6 is 11.6 Å². The van der Waals surface area contributed by atoms with E-state index < -0.39 is 45.3 Å². The average molecular weight is 597 g/mol. The highest BCUT2D eigenvalue weighted by Gasteiger charge is 2.49. The Morgan fingerprint density at radius 2 is 1.83 bits per heavy atom. The monoisotopic (exact) mass is 596 g/mol. The van der Waals surface area contributed by atoms with Crippen molar-refractivity contribution >= 4 is 11.6 Å². The van der Waals surface area contributed by atoms with Gasteiger partial charge in [0.15, 0.2) is 23.0 Å². The third-order valence-electron chi connectivity index (χ3n) is 8.60. The topological polar surface area (TPSA) is 94.7 Å². The molecule has 1 fully saturated rings. The summed E-state index contributed by atoms with van der Waals surface area (Å²) >= 11 is 6.11. The number of aliphatic hydroxyl groups excluding tert-OH is 1. The Morgan fingerprint density at radius 1 is 1.14 bits per heavy atom. The molecule has 3 aromatic carbocycles. The average Bonchev–Trinajstić information content (AvgIpc) is 3.27. The fourth-order valence-corrected chi connectivity index (χ4v) is 6.43. The van der Waals surface area contributed by atoms with Gasteiger partial charge in [0.2, 0.25) is 0 Å². The molecule has 1 aliphatic carbocycles. The molecule has 2 aliphatic rings. The lowest BCUT2D eigenvalue weighted by Gasteiger charge is -2.38. The summed E-state index contributed by atoms with van der Waals surface area (Å²) in [6, 6.07) is 16.9. The molecule has 1 unspecified atom stereocenters. The van der Waals surface area contributed by atoms with Crippen LogP contribution in [-0.2, 0) is 5.60 Å². The number of rotatable bonds is 8. The van der Waals surface area contributed by atoms with Crippen molar-refractivity contribution in [1.82, 2.24) is 5.32 Å². The highest BCUT2D eigenvalue weighted by molar-refractivity contribution is 6.32. The van der Waals surface area contributed by atoms with E-state index in [2.05, 4.69) is 5.32 Å². The molecule has 222 valence electrons. The number of nitriles is 1. The van der Waals surface area contributed by atoms with Crippen LogP contribution in [0.25, 0.3) is 11.1 Å². The van der Waals surface area contributed by atoms with Gasteiger partial charge in [0.25, 0.3) is 0 Å². The number of hydrogen-bond donors (Lipinski definition) is 3. The molecule has 5 rings (SSSR count). The minimum absolute atomic E-state index is 0.186. The van der Waals surface area contributed by atoms with Gasteiger partial charge in [0, 0.05) is 29.6 Å². The zero-order valence-electron chi connectivity index (χ0n) is 23.9. The summed E-state index contributed by atoms with van der Waals surface area (Å²) in [6.07, 6.45) is 2.08. The van der Waals surface area contributed by atoms with Gasteiger partial charge in [-0.3, -0.25) is 0 Å². The van der Waals surface area contributed by atoms with Crippen molar-refractivity contribution in [2.75, 3.05) is 13.2 Å². The summed E-state index contributed by atoms with van der Waals surface area (Å²) in [4.78, 5) is 0. The lowest BCUT2D eigenvalue weighted by molar-refractivity contribution is 0.00891. The highest BCUT2D eigenvalue weighted by Crippen LogP contribution is 2.54. The molecule has 0 saturated heterocycles. The Labute approximate surface area is 249 Å². The molecule has 1 saturated carbocycles. The molecular formula is C33H35ClF2N2O4. The molecule has 6 nitrogen and oxygen atoms in total. The van der Waals surface area contributed by atoms with E-state index in [9.17, 15) is 15.5 Å². The molecule has 1 aliphatic heterocycles. The SMILES string of the molecule is C[C@H](O)COc1c(F)c(-c2cccc3c2[C@H](C)C(CNC2CCC(C)(O)CC2)(c2ccccc2)O3)c(C#N)c(F)c1Cl. The van der Waals surface area contributed by atoms with Crippen molar-refractivity contribution in [1.29, 1.82) is 5.26 Å². The number of nitrogens with one attached hydrogen (secondary N) is 1. The second-order valence-corrected chi connectivity index (χ2v) is 12.1. The predicted molar refractivity (Wildman–Crippen MR) is 157 cm³/mol. The van der Waals surface area contributed by atoms with E-state index in [1.165, 1.54) is 6.92 Å². The van der Waals surface area contributed by atoms with Gasteiger partial charge >= 0.3 is 0 Å². The number of aliphatic hydroxyl groups is 2. The molecule has 0 bridgehead atoms. The minimum atomic E-state index is -1.09. The van der Waals surface area contributed by atoms with Gasteiger partial charge in [-0.1, -0.05) is 61.0 Å². The zero-order valence-corrected chi connectivity index (χ0v) is 24.6. The lowest BCUT2D eigenvalue weighted by atomic mass is 9.77. The van der Waals surface area contributed by atoms with Gasteiger partial charge in [-0.05, 0) is 56.7 Å². The Balaban J connectivity index is 1.60. The second kappa shape index (κ2) is 11.8. The number of ether oxygens (including phenoxy) is 2. The summed E-state index contributed by atoms with van der Waals surface area (Å²) in [7, 11) is 0. The Kier molecular flexibility index (Phi) is 8.51. The van der Waals surface area contributed by atoms with E-state index >= 15 is 8.78 Å². The Bertz CT molecular complexity index is 1500. The number of nitrogens with zero attached hydrogens (tertiary/aromatic N) is 1. The van der Waals surface area contributed by atoms with Crippen molar-refractivity contribution in [2.45, 2.75) is 75.7 Å². The van der Waals surface area contributed by atoms with Crippen LogP contribution in [0.1, 0.15) is 69.1 Å². The second-order valence-electron chi connectivity index (χ2n) is 11.7. The fraction of sp³-hybridized carbons (Fsp3) is 0.424. The number of fused-ring (bicyclic) bond motifs is 1. The van der Waals surface area contributed by atoms with Crippen LogP contribution in [0.4, 0.5) is 8.78 Å². The summed E-state index contributed by atoms with van der Waals surface area (Å²) in [5, 5.41) is 33.0. The Hall–Kier alpha value is -3.22. The smallest absolute Gasteiger partial charge is 0.177 e. The molecule has 0 aromatic heterocycles. The molecule has 42 heavy (non-hydrogen) atoms. The van der Waals surface area contributed by atoms with Gasteiger partial charge in [-0.15, -0.1) is 0 Å². The summed E-state index contributed by atoms with van der Waals surface area (Å²) in [6.45, 7) is 5.42. The molecule has 1 heterocycles. The van der Waals surface area contributed by atoms with Crippen molar-refractivity contribution in [3.05, 3.63) is 81.9 Å². The van der Waals surface area contributed by atoms with E-state index in [4.69, 9.17) is 21.1 Å². The molecule has 0 radical (unpaired) electrons. The fourth-order valence-electron chi connectivity index (χ4n) is 6.20. The molecule has 9 heteroatoms. The standard InChI is InChI=1S/C33H35ClF2N2O4/c1-19(39)17-41-31-28(34)29(35)24(16-37)27(30(31)36)23-10-7-11-25-26(23)20(2)33(42-25,21-8-5-4-6-9-21)18-38-22-12-14-32(3,40)15-13-22/h4-11,19-20,22,38-40H,12-15,17-18H2,1-3H3/t19-,20-,22?,32?,33?/m0/s1. The van der Waals surface area contributed by atoms with Crippen LogP contribution in [0.3, 0.4) is 0 Å². The van der Waals surface area contributed by atoms with Gasteiger partial charge in [-0.25, -0.2) is 8.78 Å². The maximum Gasteiger partial charge on any atom is 0.177 e. The summed E-state index contributed by atoms with van der Waals surface area (Å²) in [5.74, 6) is -2.48. The first kappa shape index (κ1) is 30.2. The van der Waals surface area contributed by atoms with Crippen LogP contribution in [0.2, 0.25) is 5.02 Å². The molecule has 3 aromatic rings. The van der Waals surface area contributed by atoms with Gasteiger partial charge < -0.3 is 25.0 Å². The third kappa shape index (κ3) is 5.47. The number of benzene rings is 3. The van der Waals surface area contributed by atoms with E-state index in [0.717, 1.165) is 18.4 Å². The lowest BCUT2D eigenvalue weighted by Crippen LogP contribution is -2.49. The predicted octanol–water partition coefficient (Wildman–Crippen LogP) is 6.59. The van der Waals surface area contributed by atoms with E-state index in [-0.39, 0.29) is 24.1 Å². The van der Waals surface area contributed by atoms with E-state index in [1.54, 1.807) is 24.3 Å². The van der Waals surface area contributed by atoms with Crippen molar-refractivity contribution < 1.29 is 28.5 Å². The van der Waals surface area contributed by atoms with Crippen molar-refractivity contribution in [2.24, 2.45) is 0 Å². The maximum absolute atomic E-state index is 16.2. The van der Waals surface area contributed by atoms with Gasteiger partial charge in [0.05, 0.1) is 11.7 Å². The summed E-state index contributed by atoms with van der Waals surface area (Å²) in [5.41, 5.74) is -0.498. The zero-order chi connectivity index (χ0) is 30.2. The first-order valence-electron chi connectivity index (χ1n) is 14.2. The third-order valence-corrected chi connectivity index (χ3v) is 8.94. The number of halogens is 3. The molecular weight excluding hydrogens is 562 g/mol. The van der Waals surface area contributed by atoms with Crippen LogP contribution in [0.5, 0.6) is 11.5 Å².